The van der Waals surface area contributed by atoms with E-state index in [4.69, 9.17) is 22.1 Å². The Hall–Kier alpha value is -4.14. The molecule has 3 fully saturated rings. The van der Waals surface area contributed by atoms with Crippen LogP contribution in [0.2, 0.25) is 5.02 Å². The lowest BCUT2D eigenvalue weighted by atomic mass is 9.71. The molecule has 274 valence electrons. The van der Waals surface area contributed by atoms with Gasteiger partial charge in [0.1, 0.15) is 11.9 Å². The molecule has 1 saturated carbocycles. The number of piperidine rings is 1. The molecule has 6 N–H and O–H groups in total. The number of anilines is 2. The number of alkyl halides is 3. The lowest BCUT2D eigenvalue weighted by molar-refractivity contribution is -0.198. The third kappa shape index (κ3) is 8.18. The Balaban J connectivity index is 1.24. The molecule has 3 aromatic rings. The van der Waals surface area contributed by atoms with Gasteiger partial charge in [-0.3, -0.25) is 9.59 Å². The maximum absolute atomic E-state index is 14.9. The Morgan fingerprint density at radius 1 is 1.12 bits per heavy atom. The van der Waals surface area contributed by atoms with Gasteiger partial charge in [0.15, 0.2) is 0 Å². The average Bonchev–Trinajstić information content (AvgIpc) is 3.46. The number of aliphatic carboxylic acids is 1. The third-order valence-electron chi connectivity index (χ3n) is 10.5. The number of carboxylic acid groups (broad SMARTS) is 1. The minimum atomic E-state index is -4.90. The number of carboxylic acids is 1. The Morgan fingerprint density at radius 2 is 1.84 bits per heavy atom. The number of nitrogens with two attached hydrogens (primary N) is 1. The van der Waals surface area contributed by atoms with Gasteiger partial charge in [-0.05, 0) is 92.2 Å². The van der Waals surface area contributed by atoms with Crippen LogP contribution in [0.25, 0.3) is 11.1 Å². The van der Waals surface area contributed by atoms with Crippen molar-refractivity contribution < 1.29 is 37.7 Å². The number of aliphatic hydroxyl groups excluding tert-OH is 1. The zero-order valence-electron chi connectivity index (χ0n) is 28.1. The van der Waals surface area contributed by atoms with Crippen LogP contribution in [0.15, 0.2) is 48.5 Å². The number of benzene rings is 2. The van der Waals surface area contributed by atoms with E-state index in [1.54, 1.807) is 18.2 Å². The van der Waals surface area contributed by atoms with Crippen LogP contribution in [0.1, 0.15) is 80.3 Å². The van der Waals surface area contributed by atoms with Crippen molar-refractivity contribution in [3.05, 3.63) is 64.7 Å². The predicted molar refractivity (Wildman–Crippen MR) is 186 cm³/mol. The number of carbonyl (C=O) groups excluding carboxylic acids is 1. The van der Waals surface area contributed by atoms with Gasteiger partial charge in [0.2, 0.25) is 17.9 Å². The number of hydrogen-bond donors (Lipinski definition) is 5. The zero-order valence-corrected chi connectivity index (χ0v) is 28.9. The predicted octanol–water partition coefficient (Wildman–Crippen LogP) is 5.91. The van der Waals surface area contributed by atoms with E-state index >= 15 is 0 Å². The summed E-state index contributed by atoms with van der Waals surface area (Å²) in [5.41, 5.74) is 6.28. The molecule has 51 heavy (non-hydrogen) atoms. The van der Waals surface area contributed by atoms with Crippen LogP contribution in [0.5, 0.6) is 5.88 Å². The monoisotopic (exact) mass is 730 g/mol. The van der Waals surface area contributed by atoms with Crippen LogP contribution in [0.3, 0.4) is 0 Å². The Kier molecular flexibility index (Phi) is 10.7. The molecule has 3 heterocycles. The summed E-state index contributed by atoms with van der Waals surface area (Å²) in [6.45, 7) is 3.01. The Labute approximate surface area is 298 Å². The van der Waals surface area contributed by atoms with Gasteiger partial charge in [-0.1, -0.05) is 36.7 Å². The molecule has 15 heteroatoms. The quantitative estimate of drug-likeness (QED) is 0.179. The molecule has 6 rings (SSSR count). The van der Waals surface area contributed by atoms with Crippen molar-refractivity contribution in [3.63, 3.8) is 0 Å². The summed E-state index contributed by atoms with van der Waals surface area (Å²) in [5.74, 6) is -1.56. The second-order valence-corrected chi connectivity index (χ2v) is 14.3. The number of rotatable bonds is 9. The number of halogens is 4. The van der Waals surface area contributed by atoms with Crippen LogP contribution in [0.4, 0.5) is 24.9 Å². The molecule has 0 bridgehead atoms. The van der Waals surface area contributed by atoms with Gasteiger partial charge < -0.3 is 36.2 Å². The maximum atomic E-state index is 14.9. The molecule has 2 unspecified atom stereocenters. The van der Waals surface area contributed by atoms with E-state index in [-0.39, 0.29) is 63.1 Å². The molecule has 2 aromatic carbocycles. The molecule has 2 saturated heterocycles. The first kappa shape index (κ1) is 36.6. The molecule has 1 amide bonds. The van der Waals surface area contributed by atoms with Gasteiger partial charge in [0.05, 0.1) is 6.10 Å². The van der Waals surface area contributed by atoms with E-state index in [0.29, 0.717) is 69.4 Å². The summed E-state index contributed by atoms with van der Waals surface area (Å²) in [7, 11) is 0. The highest BCUT2D eigenvalue weighted by Gasteiger charge is 2.50. The first-order valence-corrected chi connectivity index (χ1v) is 17.6. The number of hydrogen-bond acceptors (Lipinski definition) is 9. The van der Waals surface area contributed by atoms with E-state index in [2.05, 4.69) is 20.6 Å². The van der Waals surface area contributed by atoms with Gasteiger partial charge >= 0.3 is 12.1 Å². The summed E-state index contributed by atoms with van der Waals surface area (Å²) < 4.78 is 50.3. The molecule has 11 nitrogen and oxygen atoms in total. The minimum Gasteiger partial charge on any atom is -0.480 e. The molecule has 1 aliphatic carbocycles. The van der Waals surface area contributed by atoms with E-state index in [0.717, 1.165) is 6.42 Å². The van der Waals surface area contributed by atoms with Crippen LogP contribution in [-0.4, -0.2) is 75.6 Å². The molecule has 2 aliphatic heterocycles. The van der Waals surface area contributed by atoms with E-state index in [1.165, 1.54) is 30.3 Å². The first-order valence-electron chi connectivity index (χ1n) is 17.2. The number of ether oxygens (including phenoxy) is 1. The summed E-state index contributed by atoms with van der Waals surface area (Å²) >= 11 is 6.31. The van der Waals surface area contributed by atoms with Crippen LogP contribution >= 0.6 is 11.6 Å². The van der Waals surface area contributed by atoms with E-state index < -0.39 is 24.3 Å². The fraction of sp³-hybridized carbons (Fsp3) is 0.500. The molecule has 0 radical (unpaired) electrons. The van der Waals surface area contributed by atoms with Gasteiger partial charge in [-0.15, -0.1) is 0 Å². The van der Waals surface area contributed by atoms with Crippen molar-refractivity contribution in [2.24, 2.45) is 5.41 Å². The van der Waals surface area contributed by atoms with Crippen molar-refractivity contribution in [1.29, 1.82) is 0 Å². The number of nitrogens with zero attached hydrogens (tertiary/aromatic N) is 3. The number of aromatic nitrogens is 2. The second-order valence-electron chi connectivity index (χ2n) is 13.8. The highest BCUT2D eigenvalue weighted by atomic mass is 35.5. The van der Waals surface area contributed by atoms with Crippen molar-refractivity contribution in [3.8, 4) is 17.0 Å². The molecule has 1 spiro atoms. The highest BCUT2D eigenvalue weighted by molar-refractivity contribution is 6.30. The third-order valence-corrected chi connectivity index (χ3v) is 10.8. The number of nitrogens with one attached hydrogen (secondary N) is 2. The van der Waals surface area contributed by atoms with Gasteiger partial charge in [-0.2, -0.15) is 23.1 Å². The average molecular weight is 731 g/mol. The summed E-state index contributed by atoms with van der Waals surface area (Å²) in [6, 6.07) is 10.9. The minimum absolute atomic E-state index is 0.0400. The van der Waals surface area contributed by atoms with Crippen LogP contribution in [0, 0.1) is 5.41 Å². The van der Waals surface area contributed by atoms with Crippen molar-refractivity contribution >= 4 is 35.2 Å². The fourth-order valence-corrected chi connectivity index (χ4v) is 8.05. The molecule has 1 aromatic heterocycles. The lowest BCUT2D eigenvalue weighted by Gasteiger charge is -2.43. The van der Waals surface area contributed by atoms with Gasteiger partial charge in [-0.25, -0.2) is 0 Å². The van der Waals surface area contributed by atoms with Crippen molar-refractivity contribution in [2.75, 3.05) is 23.7 Å². The van der Waals surface area contributed by atoms with Crippen molar-refractivity contribution in [2.45, 2.75) is 94.8 Å². The number of nitrogen functional groups attached to an aromatic ring is 1. The maximum Gasteiger partial charge on any atom is 0.429 e. The highest BCUT2D eigenvalue weighted by Crippen LogP contribution is 2.46. The van der Waals surface area contributed by atoms with E-state index in [9.17, 15) is 33.0 Å². The Morgan fingerprint density at radius 3 is 2.51 bits per heavy atom. The lowest BCUT2D eigenvalue weighted by Crippen LogP contribution is -2.46. The SMILES string of the molecule is CCC1NC(C(=O)O)CC12CCN(c1cc(O[C@H](c3ccc(Cl)cc3-c3cccc(C(=O)NC4CCC(O)CC4)c3)C(F)(F)F)nc(N)n1)CC2. The summed E-state index contributed by atoms with van der Waals surface area (Å²) in [4.78, 5) is 35.1. The molecular formula is C36H42ClF3N6O5. The van der Waals surface area contributed by atoms with E-state index in [1.807, 2.05) is 11.8 Å². The molecule has 3 aliphatic rings. The standard InChI is InChI=1S/C36H42ClF3N6O5/c1-2-28-35(19-27(43-28)33(49)50)12-14-46(15-13-35)29-18-30(45-34(41)44-29)51-31(36(38,39)40)25-11-6-22(37)17-26(25)20-4-3-5-21(16-20)32(48)42-23-7-9-24(47)10-8-23/h3-6,11,16-18,23-24,27-28,31,43,47H,2,7-10,12-15,19H2,1H3,(H,42,48)(H,49,50)(H2,41,44,45)/t23?,24?,27?,28?,31-/m1/s1. The normalized spacial score (nSPS) is 23.9. The number of amides is 1. The van der Waals surface area contributed by atoms with Crippen molar-refractivity contribution in [1.82, 2.24) is 20.6 Å². The molecule has 3 atom stereocenters. The van der Waals surface area contributed by atoms with Crippen LogP contribution < -0.4 is 26.0 Å². The van der Waals surface area contributed by atoms with Gasteiger partial charge in [0, 0.05) is 47.4 Å². The summed E-state index contributed by atoms with van der Waals surface area (Å²) in [5, 5.41) is 25.8. The smallest absolute Gasteiger partial charge is 0.429 e. The zero-order chi connectivity index (χ0) is 36.5. The second kappa shape index (κ2) is 14.8. The number of carbonyl (C=O) groups is 2. The number of aliphatic hydroxyl groups is 1. The fourth-order valence-electron chi connectivity index (χ4n) is 7.87. The van der Waals surface area contributed by atoms with Gasteiger partial charge in [0.25, 0.3) is 5.91 Å². The largest absolute Gasteiger partial charge is 0.480 e. The first-order chi connectivity index (χ1) is 24.2. The molecular weight excluding hydrogens is 689 g/mol. The van der Waals surface area contributed by atoms with Crippen LogP contribution in [-0.2, 0) is 4.79 Å². The summed E-state index contributed by atoms with van der Waals surface area (Å²) in [6.07, 6.45) is -2.71. The Bertz CT molecular complexity index is 1750. The topological polar surface area (TPSA) is 163 Å².